The van der Waals surface area contributed by atoms with Gasteiger partial charge in [-0.05, 0) is 50.8 Å². The summed E-state index contributed by atoms with van der Waals surface area (Å²) in [5.41, 5.74) is 2.64. The van der Waals surface area contributed by atoms with Crippen molar-refractivity contribution in [2.45, 2.75) is 64.4 Å². The SMILES string of the molecule is C[C@H](c1ccccc1)N(Cc1ccccc1)[C@H](/C=C/C/C=C/c1ccccc1)[C@H](O)C(=O)OC(C)(C)C. The van der Waals surface area contributed by atoms with E-state index < -0.39 is 23.7 Å². The van der Waals surface area contributed by atoms with Crippen molar-refractivity contribution in [1.29, 1.82) is 0 Å². The standard InChI is InChI=1S/C33H39NO3/c1-26(29-22-14-8-15-23-29)34(25-28-20-12-6-13-21-28)30(31(35)32(36)37-33(2,3)4)24-16-7-11-19-27-17-9-5-10-18-27/h5-6,8-24,26,30-31,35H,7,25H2,1-4H3/b19-11+,24-16+/t26-,30-,31+/m1/s1. The molecule has 0 aliphatic heterocycles. The Morgan fingerprint density at radius 2 is 1.46 bits per heavy atom. The molecule has 0 unspecified atom stereocenters. The molecule has 3 aromatic carbocycles. The topological polar surface area (TPSA) is 49.8 Å². The zero-order chi connectivity index (χ0) is 26.7. The molecule has 0 bridgehead atoms. The molecular formula is C33H39NO3. The molecule has 0 aliphatic carbocycles. The number of esters is 1. The molecule has 3 atom stereocenters. The Balaban J connectivity index is 1.92. The van der Waals surface area contributed by atoms with Crippen LogP contribution in [0.3, 0.4) is 0 Å². The summed E-state index contributed by atoms with van der Waals surface area (Å²) < 4.78 is 5.59. The third-order valence-corrected chi connectivity index (χ3v) is 6.06. The first kappa shape index (κ1) is 28.1. The summed E-state index contributed by atoms with van der Waals surface area (Å²) >= 11 is 0. The number of aliphatic hydroxyl groups excluding tert-OH is 1. The van der Waals surface area contributed by atoms with Crippen LogP contribution in [0.4, 0.5) is 0 Å². The van der Waals surface area contributed by atoms with Crippen LogP contribution in [0.2, 0.25) is 0 Å². The Bertz CT molecular complexity index is 1130. The van der Waals surface area contributed by atoms with Crippen LogP contribution in [0.5, 0.6) is 0 Å². The number of rotatable bonds is 11. The number of benzene rings is 3. The molecule has 3 rings (SSSR count). The van der Waals surface area contributed by atoms with Gasteiger partial charge in [-0.2, -0.15) is 0 Å². The van der Waals surface area contributed by atoms with Gasteiger partial charge in [0.1, 0.15) is 5.60 Å². The van der Waals surface area contributed by atoms with Crippen LogP contribution < -0.4 is 0 Å². The van der Waals surface area contributed by atoms with Crippen LogP contribution >= 0.6 is 0 Å². The van der Waals surface area contributed by atoms with Gasteiger partial charge in [-0.15, -0.1) is 0 Å². The Morgan fingerprint density at radius 3 is 2.05 bits per heavy atom. The molecule has 0 saturated heterocycles. The molecule has 1 N–H and O–H groups in total. The van der Waals surface area contributed by atoms with Crippen molar-refractivity contribution < 1.29 is 14.6 Å². The highest BCUT2D eigenvalue weighted by Gasteiger charge is 2.35. The first-order chi connectivity index (χ1) is 17.7. The molecule has 4 heteroatoms. The summed E-state index contributed by atoms with van der Waals surface area (Å²) in [7, 11) is 0. The molecule has 0 saturated carbocycles. The minimum absolute atomic E-state index is 0.0620. The number of hydrogen-bond donors (Lipinski definition) is 1. The zero-order valence-corrected chi connectivity index (χ0v) is 22.3. The maximum atomic E-state index is 13.0. The highest BCUT2D eigenvalue weighted by atomic mass is 16.6. The lowest BCUT2D eigenvalue weighted by Crippen LogP contribution is -2.48. The average Bonchev–Trinajstić information content (AvgIpc) is 2.89. The van der Waals surface area contributed by atoms with E-state index in [9.17, 15) is 9.90 Å². The van der Waals surface area contributed by atoms with Gasteiger partial charge in [0.25, 0.3) is 0 Å². The van der Waals surface area contributed by atoms with Gasteiger partial charge in [0.2, 0.25) is 0 Å². The van der Waals surface area contributed by atoms with Crippen LogP contribution in [0, 0.1) is 0 Å². The zero-order valence-electron chi connectivity index (χ0n) is 22.3. The van der Waals surface area contributed by atoms with Gasteiger partial charge in [-0.3, -0.25) is 4.90 Å². The highest BCUT2D eigenvalue weighted by molar-refractivity contribution is 5.76. The molecule has 0 spiro atoms. The third kappa shape index (κ3) is 9.16. The first-order valence-corrected chi connectivity index (χ1v) is 12.9. The third-order valence-electron chi connectivity index (χ3n) is 6.06. The lowest BCUT2D eigenvalue weighted by molar-refractivity contribution is -0.168. The average molecular weight is 498 g/mol. The lowest BCUT2D eigenvalue weighted by atomic mass is 9.99. The smallest absolute Gasteiger partial charge is 0.337 e. The second-order valence-corrected chi connectivity index (χ2v) is 10.2. The van der Waals surface area contributed by atoms with Crippen LogP contribution in [0.15, 0.2) is 109 Å². The van der Waals surface area contributed by atoms with Crippen molar-refractivity contribution in [3.63, 3.8) is 0 Å². The van der Waals surface area contributed by atoms with E-state index in [2.05, 4.69) is 60.4 Å². The number of aliphatic hydroxyl groups is 1. The van der Waals surface area contributed by atoms with E-state index in [1.165, 1.54) is 0 Å². The molecule has 0 heterocycles. The predicted octanol–water partition coefficient (Wildman–Crippen LogP) is 6.98. The first-order valence-electron chi connectivity index (χ1n) is 12.9. The van der Waals surface area contributed by atoms with Gasteiger partial charge in [0, 0.05) is 12.6 Å². The van der Waals surface area contributed by atoms with Crippen LogP contribution in [-0.2, 0) is 16.1 Å². The van der Waals surface area contributed by atoms with Crippen molar-refractivity contribution in [3.05, 3.63) is 126 Å². The fraction of sp³-hybridized carbons (Fsp3) is 0.303. The maximum Gasteiger partial charge on any atom is 0.337 e. The number of carbonyl (C=O) groups is 1. The van der Waals surface area contributed by atoms with E-state index in [1.807, 2.05) is 87.5 Å². The van der Waals surface area contributed by atoms with Crippen LogP contribution in [0.1, 0.15) is 56.8 Å². The van der Waals surface area contributed by atoms with Gasteiger partial charge in [0.15, 0.2) is 6.10 Å². The van der Waals surface area contributed by atoms with Gasteiger partial charge >= 0.3 is 5.97 Å². The van der Waals surface area contributed by atoms with E-state index in [1.54, 1.807) is 0 Å². The lowest BCUT2D eigenvalue weighted by Gasteiger charge is -2.37. The number of ether oxygens (including phenoxy) is 1. The molecule has 0 aromatic heterocycles. The number of nitrogens with zero attached hydrogens (tertiary/aromatic N) is 1. The molecule has 0 radical (unpaired) electrons. The van der Waals surface area contributed by atoms with E-state index in [4.69, 9.17) is 4.74 Å². The van der Waals surface area contributed by atoms with Gasteiger partial charge < -0.3 is 9.84 Å². The predicted molar refractivity (Wildman–Crippen MR) is 152 cm³/mol. The summed E-state index contributed by atoms with van der Waals surface area (Å²) in [6.07, 6.45) is 7.41. The molecule has 194 valence electrons. The summed E-state index contributed by atoms with van der Waals surface area (Å²) in [6.45, 7) is 8.10. The summed E-state index contributed by atoms with van der Waals surface area (Å²) in [6, 6.07) is 29.8. The highest BCUT2D eigenvalue weighted by Crippen LogP contribution is 2.28. The van der Waals surface area contributed by atoms with Crippen LogP contribution in [-0.4, -0.2) is 33.7 Å². The van der Waals surface area contributed by atoms with Crippen molar-refractivity contribution in [1.82, 2.24) is 4.90 Å². The number of hydrogen-bond acceptors (Lipinski definition) is 4. The van der Waals surface area contributed by atoms with Gasteiger partial charge in [0.05, 0.1) is 6.04 Å². The quantitative estimate of drug-likeness (QED) is 0.229. The van der Waals surface area contributed by atoms with E-state index in [0.29, 0.717) is 13.0 Å². The minimum atomic E-state index is -1.34. The van der Waals surface area contributed by atoms with Crippen molar-refractivity contribution >= 4 is 12.0 Å². The summed E-state index contributed by atoms with van der Waals surface area (Å²) in [5, 5.41) is 11.3. The molecular weight excluding hydrogens is 458 g/mol. The minimum Gasteiger partial charge on any atom is -0.458 e. The molecule has 0 aliphatic rings. The number of allylic oxidation sites excluding steroid dienone is 2. The maximum absolute atomic E-state index is 13.0. The van der Waals surface area contributed by atoms with E-state index in [-0.39, 0.29) is 6.04 Å². The van der Waals surface area contributed by atoms with Gasteiger partial charge in [-0.1, -0.05) is 115 Å². The largest absolute Gasteiger partial charge is 0.458 e. The fourth-order valence-corrected chi connectivity index (χ4v) is 4.18. The Labute approximate surface area is 221 Å². The summed E-state index contributed by atoms with van der Waals surface area (Å²) in [5.74, 6) is -0.625. The Hall–Kier alpha value is -3.47. The molecule has 4 nitrogen and oxygen atoms in total. The van der Waals surface area contributed by atoms with E-state index in [0.717, 1.165) is 16.7 Å². The molecule has 0 amide bonds. The fourth-order valence-electron chi connectivity index (χ4n) is 4.18. The van der Waals surface area contributed by atoms with Crippen molar-refractivity contribution in [3.8, 4) is 0 Å². The van der Waals surface area contributed by atoms with Crippen molar-refractivity contribution in [2.24, 2.45) is 0 Å². The molecule has 37 heavy (non-hydrogen) atoms. The van der Waals surface area contributed by atoms with Gasteiger partial charge in [-0.25, -0.2) is 4.79 Å². The van der Waals surface area contributed by atoms with Crippen molar-refractivity contribution in [2.75, 3.05) is 0 Å². The normalized spacial score (nSPS) is 14.6. The number of carbonyl (C=O) groups excluding carboxylic acids is 1. The monoisotopic (exact) mass is 497 g/mol. The molecule has 3 aromatic rings. The Morgan fingerprint density at radius 1 is 0.892 bits per heavy atom. The van der Waals surface area contributed by atoms with E-state index >= 15 is 0 Å². The second kappa shape index (κ2) is 13.7. The second-order valence-electron chi connectivity index (χ2n) is 10.2. The van der Waals surface area contributed by atoms with Crippen LogP contribution in [0.25, 0.3) is 6.08 Å². The summed E-state index contributed by atoms with van der Waals surface area (Å²) in [4.78, 5) is 15.2. The Kier molecular flexibility index (Phi) is 10.4. The molecule has 0 fully saturated rings.